The first-order valence-corrected chi connectivity index (χ1v) is 11.0. The number of nitrogens with one attached hydrogen (secondary N) is 1. The van der Waals surface area contributed by atoms with Crippen LogP contribution in [0.2, 0.25) is 10.0 Å². The number of halogens is 2. The minimum absolute atomic E-state index is 0.0178. The molecule has 16 heteroatoms. The molecule has 2 rings (SSSR count). The van der Waals surface area contributed by atoms with Crippen LogP contribution < -0.4 is 11.2 Å². The molecular weight excluding hydrogens is 485 g/mol. The van der Waals surface area contributed by atoms with Crippen molar-refractivity contribution < 1.29 is 30.7 Å². The van der Waals surface area contributed by atoms with Crippen LogP contribution in [0.3, 0.4) is 0 Å². The van der Waals surface area contributed by atoms with Crippen molar-refractivity contribution in [3.63, 3.8) is 0 Å². The Morgan fingerprint density at radius 2 is 1.47 bits per heavy atom. The fraction of sp³-hybridized carbons (Fsp3) is 0. The summed E-state index contributed by atoms with van der Waals surface area (Å²) in [6, 6.07) is 6.15. The van der Waals surface area contributed by atoms with Gasteiger partial charge in [0.05, 0.1) is 25.5 Å². The van der Waals surface area contributed by atoms with Gasteiger partial charge >= 0.3 is 0 Å². The summed E-state index contributed by atoms with van der Waals surface area (Å²) in [7, 11) is -9.07. The van der Waals surface area contributed by atoms with E-state index in [1.807, 2.05) is 0 Å². The lowest BCUT2D eigenvalue weighted by Gasteiger charge is -2.06. The monoisotopic (exact) mass is 495 g/mol. The summed E-state index contributed by atoms with van der Waals surface area (Å²) in [6.45, 7) is 0. The van der Waals surface area contributed by atoms with Gasteiger partial charge < -0.3 is 5.73 Å². The molecule has 0 bridgehead atoms. The largest absolute Gasteiger partial charge is 0.363 e. The molecule has 12 nitrogen and oxygen atoms in total. The number of rotatable bonds is 5. The number of carbonyl (C=O) groups excluding carboxylic acids is 1. The predicted molar refractivity (Wildman–Crippen MR) is 107 cm³/mol. The van der Waals surface area contributed by atoms with E-state index in [4.69, 9.17) is 38.0 Å². The Balaban J connectivity index is 2.38. The fourth-order valence-electron chi connectivity index (χ4n) is 1.82. The van der Waals surface area contributed by atoms with Crippen molar-refractivity contribution in [3.8, 4) is 0 Å². The molecule has 0 heterocycles. The molecule has 2 aromatic carbocycles. The number of benzene rings is 2. The number of hydrazone groups is 1. The number of azo groups is 1. The quantitative estimate of drug-likeness (QED) is 0.159. The summed E-state index contributed by atoms with van der Waals surface area (Å²) in [5, 5.41) is 10.5. The van der Waals surface area contributed by atoms with Gasteiger partial charge in [0, 0.05) is 0 Å². The Hall–Kier alpha value is -2.62. The molecule has 160 valence electrons. The molecule has 5 N–H and O–H groups in total. The Morgan fingerprint density at radius 3 is 2.00 bits per heavy atom. The highest BCUT2D eigenvalue weighted by Gasteiger charge is 2.14. The van der Waals surface area contributed by atoms with E-state index >= 15 is 0 Å². The predicted octanol–water partition coefficient (Wildman–Crippen LogP) is 2.48. The Bertz CT molecular complexity index is 1280. The van der Waals surface area contributed by atoms with E-state index < -0.39 is 41.8 Å². The van der Waals surface area contributed by atoms with Crippen LogP contribution in [0, 0.1) is 0 Å². The normalized spacial score (nSPS) is 12.9. The highest BCUT2D eigenvalue weighted by molar-refractivity contribution is 7.86. The van der Waals surface area contributed by atoms with Crippen LogP contribution in [0.4, 0.5) is 11.4 Å². The number of amidine groups is 1. The number of nitrogens with two attached hydrogens (primary N) is 1. The van der Waals surface area contributed by atoms with Crippen LogP contribution in [0.5, 0.6) is 0 Å². The molecule has 30 heavy (non-hydrogen) atoms. The summed E-state index contributed by atoms with van der Waals surface area (Å²) in [4.78, 5) is 10.5. The standard InChI is InChI=1S/C14H11Cl2N5O7S2/c15-9-3-1-7(29(23,24)25)5-11(9)18-20-14(13(17)22)21-19-12-6-8(30(26,27)28)2-4-10(12)16/h1-6,18H,(H2,17,22)(H,23,24,25)(H,26,27,28). The van der Waals surface area contributed by atoms with Crippen molar-refractivity contribution in [3.05, 3.63) is 46.4 Å². The van der Waals surface area contributed by atoms with Crippen LogP contribution in [0.15, 0.2) is 61.5 Å². The SMILES string of the molecule is NC(=O)C(N=Nc1cc(S(=O)(=O)O)ccc1Cl)=NNc1cc(S(=O)(=O)O)ccc1Cl. The number of nitrogens with zero attached hydrogens (tertiary/aromatic N) is 3. The van der Waals surface area contributed by atoms with Crippen LogP contribution in [-0.4, -0.2) is 37.7 Å². The second kappa shape index (κ2) is 9.03. The molecule has 0 fully saturated rings. The number of primary amides is 1. The second-order valence-corrected chi connectivity index (χ2v) is 8.97. The molecule has 0 aromatic heterocycles. The molecule has 0 spiro atoms. The average molecular weight is 496 g/mol. The Kier molecular flexibility index (Phi) is 7.12. The van der Waals surface area contributed by atoms with Gasteiger partial charge in [-0.1, -0.05) is 23.2 Å². The highest BCUT2D eigenvalue weighted by Crippen LogP contribution is 2.28. The third-order valence-electron chi connectivity index (χ3n) is 3.21. The molecule has 0 aliphatic carbocycles. The first kappa shape index (κ1) is 23.7. The van der Waals surface area contributed by atoms with E-state index in [2.05, 4.69) is 20.8 Å². The topological polar surface area (TPSA) is 201 Å². The summed E-state index contributed by atoms with van der Waals surface area (Å²) < 4.78 is 62.9. The van der Waals surface area contributed by atoms with Crippen LogP contribution in [0.25, 0.3) is 0 Å². The zero-order valence-corrected chi connectivity index (χ0v) is 17.5. The Labute approximate surface area is 179 Å². The maximum Gasteiger partial charge on any atom is 0.294 e. The van der Waals surface area contributed by atoms with Crippen molar-refractivity contribution in [2.24, 2.45) is 21.1 Å². The van der Waals surface area contributed by atoms with Gasteiger partial charge in [0.25, 0.3) is 32.0 Å². The minimum atomic E-state index is -4.54. The fourth-order valence-corrected chi connectivity index (χ4v) is 3.14. The zero-order valence-electron chi connectivity index (χ0n) is 14.4. The number of amides is 1. The smallest absolute Gasteiger partial charge is 0.294 e. The van der Waals surface area contributed by atoms with Gasteiger partial charge in [-0.05, 0) is 36.4 Å². The van der Waals surface area contributed by atoms with E-state index in [0.717, 1.165) is 36.4 Å². The molecule has 0 saturated heterocycles. The number of carbonyl (C=O) groups is 1. The maximum atomic E-state index is 11.5. The van der Waals surface area contributed by atoms with Gasteiger partial charge in [-0.25, -0.2) is 0 Å². The molecule has 0 saturated carbocycles. The highest BCUT2D eigenvalue weighted by atomic mass is 35.5. The third kappa shape index (κ3) is 6.19. The lowest BCUT2D eigenvalue weighted by molar-refractivity contribution is -0.112. The molecular formula is C14H11Cl2N5O7S2. The first-order valence-electron chi connectivity index (χ1n) is 7.38. The summed E-state index contributed by atoms with van der Waals surface area (Å²) >= 11 is 11.8. The summed E-state index contributed by atoms with van der Waals surface area (Å²) in [5.41, 5.74) is 7.04. The molecule has 0 aliphatic heterocycles. The number of hydrogen-bond acceptors (Lipinski definition) is 8. The molecule has 1 amide bonds. The molecule has 0 aliphatic rings. The summed E-state index contributed by atoms with van der Waals surface area (Å²) in [6.07, 6.45) is 0. The first-order chi connectivity index (χ1) is 13.8. The van der Waals surface area contributed by atoms with Crippen LogP contribution in [0.1, 0.15) is 0 Å². The van der Waals surface area contributed by atoms with E-state index in [0.29, 0.717) is 0 Å². The zero-order chi connectivity index (χ0) is 22.7. The van der Waals surface area contributed by atoms with Crippen molar-refractivity contribution in [1.82, 2.24) is 0 Å². The third-order valence-corrected chi connectivity index (χ3v) is 5.55. The molecule has 0 atom stereocenters. The van der Waals surface area contributed by atoms with Crippen molar-refractivity contribution in [2.75, 3.05) is 5.43 Å². The van der Waals surface area contributed by atoms with Gasteiger partial charge in [0.15, 0.2) is 0 Å². The van der Waals surface area contributed by atoms with E-state index in [-0.39, 0.29) is 21.4 Å². The van der Waals surface area contributed by atoms with Gasteiger partial charge in [-0.15, -0.1) is 15.3 Å². The van der Waals surface area contributed by atoms with Crippen molar-refractivity contribution in [1.29, 1.82) is 0 Å². The lowest BCUT2D eigenvalue weighted by atomic mass is 10.3. The van der Waals surface area contributed by atoms with Gasteiger partial charge in [-0.3, -0.25) is 19.3 Å². The van der Waals surface area contributed by atoms with Gasteiger partial charge in [0.1, 0.15) is 5.69 Å². The summed E-state index contributed by atoms with van der Waals surface area (Å²) in [5.74, 6) is -1.90. The van der Waals surface area contributed by atoms with E-state index in [9.17, 15) is 21.6 Å². The lowest BCUT2D eigenvalue weighted by Crippen LogP contribution is -2.22. The number of anilines is 1. The maximum absolute atomic E-state index is 11.5. The van der Waals surface area contributed by atoms with Crippen LogP contribution >= 0.6 is 23.2 Å². The minimum Gasteiger partial charge on any atom is -0.363 e. The molecule has 0 unspecified atom stereocenters. The number of hydrogen-bond donors (Lipinski definition) is 4. The molecule has 0 radical (unpaired) electrons. The second-order valence-electron chi connectivity index (χ2n) is 5.32. The Morgan fingerprint density at radius 1 is 0.933 bits per heavy atom. The van der Waals surface area contributed by atoms with E-state index in [1.165, 1.54) is 0 Å². The van der Waals surface area contributed by atoms with Gasteiger partial charge in [0.2, 0.25) is 0 Å². The van der Waals surface area contributed by atoms with Crippen LogP contribution in [-0.2, 0) is 25.0 Å². The van der Waals surface area contributed by atoms with Crippen molar-refractivity contribution in [2.45, 2.75) is 9.79 Å². The van der Waals surface area contributed by atoms with Crippen molar-refractivity contribution >= 4 is 66.6 Å². The molecule has 2 aromatic rings. The van der Waals surface area contributed by atoms with Gasteiger partial charge in [-0.2, -0.15) is 16.8 Å². The van der Waals surface area contributed by atoms with E-state index in [1.54, 1.807) is 0 Å². The average Bonchev–Trinajstić information content (AvgIpc) is 2.62.